The molecule has 2 fully saturated rings. The highest BCUT2D eigenvalue weighted by Crippen LogP contribution is 2.42. The number of amides is 1. The van der Waals surface area contributed by atoms with Gasteiger partial charge >= 0.3 is 0 Å². The highest BCUT2D eigenvalue weighted by molar-refractivity contribution is 6.04. The molecular weight excluding hydrogens is 402 g/mol. The minimum absolute atomic E-state index is 0.0143. The monoisotopic (exact) mass is 425 g/mol. The number of para-hydroxylation sites is 1. The Balaban J connectivity index is 1.56. The molecule has 0 spiro atoms. The smallest absolute Gasteiger partial charge is 0.268 e. The van der Waals surface area contributed by atoms with E-state index in [9.17, 15) is 9.59 Å². The Bertz CT molecular complexity index is 1430. The normalized spacial score (nSPS) is 20.2. The van der Waals surface area contributed by atoms with Gasteiger partial charge in [-0.25, -0.2) is 4.98 Å². The van der Waals surface area contributed by atoms with Crippen molar-refractivity contribution >= 4 is 33.5 Å². The van der Waals surface area contributed by atoms with Gasteiger partial charge in [-0.1, -0.05) is 24.6 Å². The molecule has 1 saturated heterocycles. The minimum Gasteiger partial charge on any atom is -0.364 e. The molecule has 1 aliphatic heterocycles. The lowest BCUT2D eigenvalue weighted by molar-refractivity contribution is 0.0997. The molecule has 1 aliphatic carbocycles. The van der Waals surface area contributed by atoms with Gasteiger partial charge in [0.15, 0.2) is 5.43 Å². The minimum atomic E-state index is -0.717. The average molecular weight is 425 g/mol. The summed E-state index contributed by atoms with van der Waals surface area (Å²) in [6, 6.07) is 13.4. The van der Waals surface area contributed by atoms with Gasteiger partial charge in [-0.3, -0.25) is 14.6 Å². The molecule has 2 atom stereocenters. The number of nitrogens with one attached hydrogen (secondary N) is 1. The summed E-state index contributed by atoms with van der Waals surface area (Å²) in [4.78, 5) is 39.6. The Morgan fingerprint density at radius 2 is 1.88 bits per heavy atom. The number of carbonyl (C=O) groups excluding carboxylic acids is 1. The number of aromatic nitrogens is 3. The van der Waals surface area contributed by atoms with E-state index in [1.807, 2.05) is 24.3 Å². The number of nitrogens with zero attached hydrogens (tertiary/aromatic N) is 3. The Labute approximate surface area is 184 Å². The Kier molecular flexibility index (Phi) is 4.24. The number of aromatic amines is 1. The zero-order chi connectivity index (χ0) is 21.8. The summed E-state index contributed by atoms with van der Waals surface area (Å²) in [5.41, 5.74) is 8.18. The third-order valence-corrected chi connectivity index (χ3v) is 7.00. The molecule has 6 rings (SSSR count). The largest absolute Gasteiger partial charge is 0.364 e. The quantitative estimate of drug-likeness (QED) is 0.523. The predicted molar refractivity (Wildman–Crippen MR) is 125 cm³/mol. The van der Waals surface area contributed by atoms with Crippen molar-refractivity contribution in [2.45, 2.75) is 19.3 Å². The molecule has 0 bridgehead atoms. The number of hydrogen-bond acceptors (Lipinski definition) is 5. The van der Waals surface area contributed by atoms with Crippen LogP contribution in [0.3, 0.4) is 0 Å². The fraction of sp³-hybridized carbons (Fsp3) is 0.280. The summed E-state index contributed by atoms with van der Waals surface area (Å²) in [6.07, 6.45) is 5.36. The summed E-state index contributed by atoms with van der Waals surface area (Å²) in [6.45, 7) is 1.99. The molecule has 4 aromatic rings. The first-order valence-electron chi connectivity index (χ1n) is 11.1. The van der Waals surface area contributed by atoms with Gasteiger partial charge < -0.3 is 15.6 Å². The van der Waals surface area contributed by atoms with E-state index < -0.39 is 5.91 Å². The summed E-state index contributed by atoms with van der Waals surface area (Å²) in [7, 11) is 0. The number of pyridine rings is 3. The van der Waals surface area contributed by atoms with Crippen LogP contribution < -0.4 is 16.1 Å². The molecule has 2 aliphatic rings. The van der Waals surface area contributed by atoms with Crippen LogP contribution >= 0.6 is 0 Å². The molecular formula is C25H23N5O2. The second kappa shape index (κ2) is 7.15. The number of hydrogen-bond donors (Lipinski definition) is 2. The topological polar surface area (TPSA) is 105 Å². The van der Waals surface area contributed by atoms with Crippen molar-refractivity contribution in [2.75, 3.05) is 18.0 Å². The van der Waals surface area contributed by atoms with Crippen LogP contribution in [0.2, 0.25) is 0 Å². The molecule has 1 saturated carbocycles. The van der Waals surface area contributed by atoms with Crippen molar-refractivity contribution in [1.29, 1.82) is 0 Å². The fourth-order valence-corrected chi connectivity index (χ4v) is 5.48. The number of anilines is 1. The van der Waals surface area contributed by atoms with E-state index in [4.69, 9.17) is 10.7 Å². The molecule has 0 unspecified atom stereocenters. The summed E-state index contributed by atoms with van der Waals surface area (Å²) < 4.78 is 0. The van der Waals surface area contributed by atoms with Gasteiger partial charge in [-0.05, 0) is 42.9 Å². The highest BCUT2D eigenvalue weighted by Gasteiger charge is 2.37. The number of primary amides is 1. The average Bonchev–Trinajstić information content (AvgIpc) is 3.40. The Morgan fingerprint density at radius 1 is 1.09 bits per heavy atom. The van der Waals surface area contributed by atoms with E-state index in [-0.39, 0.29) is 16.5 Å². The zero-order valence-electron chi connectivity index (χ0n) is 17.5. The van der Waals surface area contributed by atoms with Crippen LogP contribution in [0.4, 0.5) is 5.82 Å². The van der Waals surface area contributed by atoms with E-state index in [0.29, 0.717) is 11.2 Å². The molecule has 32 heavy (non-hydrogen) atoms. The van der Waals surface area contributed by atoms with E-state index >= 15 is 0 Å². The first-order valence-corrected chi connectivity index (χ1v) is 11.1. The van der Waals surface area contributed by atoms with Crippen molar-refractivity contribution in [1.82, 2.24) is 15.0 Å². The SMILES string of the molecule is NC(=O)c1nccc2[nH]c(-c3cc4ccccc4nc3N3C[C@@H]4CCC[C@H]4C3)cc(=O)c12. The van der Waals surface area contributed by atoms with Gasteiger partial charge in [-0.2, -0.15) is 0 Å². The van der Waals surface area contributed by atoms with E-state index in [0.717, 1.165) is 47.2 Å². The lowest BCUT2D eigenvalue weighted by atomic mass is 10.0. The summed E-state index contributed by atoms with van der Waals surface area (Å²) in [5.74, 6) is 1.62. The summed E-state index contributed by atoms with van der Waals surface area (Å²) >= 11 is 0. The van der Waals surface area contributed by atoms with Crippen LogP contribution in [-0.2, 0) is 0 Å². The van der Waals surface area contributed by atoms with E-state index in [2.05, 4.69) is 20.9 Å². The number of H-pyrrole nitrogens is 1. The van der Waals surface area contributed by atoms with Crippen LogP contribution in [0, 0.1) is 11.8 Å². The highest BCUT2D eigenvalue weighted by atomic mass is 16.1. The van der Waals surface area contributed by atoms with Gasteiger partial charge in [0, 0.05) is 36.3 Å². The maximum atomic E-state index is 13.1. The molecule has 160 valence electrons. The van der Waals surface area contributed by atoms with Crippen molar-refractivity contribution in [3.05, 3.63) is 64.6 Å². The van der Waals surface area contributed by atoms with Crippen molar-refractivity contribution < 1.29 is 4.79 Å². The maximum absolute atomic E-state index is 13.1. The molecule has 0 radical (unpaired) electrons. The second-order valence-electron chi connectivity index (χ2n) is 8.90. The molecule has 7 heteroatoms. The third-order valence-electron chi connectivity index (χ3n) is 7.00. The zero-order valence-corrected chi connectivity index (χ0v) is 17.5. The maximum Gasteiger partial charge on any atom is 0.268 e. The van der Waals surface area contributed by atoms with Crippen LogP contribution in [0.1, 0.15) is 29.8 Å². The van der Waals surface area contributed by atoms with Crippen LogP contribution in [0.5, 0.6) is 0 Å². The first-order chi connectivity index (χ1) is 15.6. The Morgan fingerprint density at radius 3 is 2.66 bits per heavy atom. The van der Waals surface area contributed by atoms with E-state index in [1.54, 1.807) is 6.07 Å². The van der Waals surface area contributed by atoms with Crippen molar-refractivity contribution in [3.8, 4) is 11.3 Å². The number of benzene rings is 1. The number of rotatable bonds is 3. The van der Waals surface area contributed by atoms with Crippen LogP contribution in [0.25, 0.3) is 33.1 Å². The molecule has 4 heterocycles. The lowest BCUT2D eigenvalue weighted by Crippen LogP contribution is -2.23. The standard InChI is InChI=1S/C25H23N5O2/c26-24(32)23-22-19(8-9-27-23)28-20(11-21(22)31)17-10-14-4-1-2-7-18(14)29-25(17)30-12-15-5-3-6-16(15)13-30/h1-2,4,7-11,15-16H,3,5-6,12-13H2,(H2,26,32)(H,28,31)/t15-,16-/m0/s1. The predicted octanol–water partition coefficient (Wildman–Crippen LogP) is 3.47. The lowest BCUT2D eigenvalue weighted by Gasteiger charge is -2.22. The van der Waals surface area contributed by atoms with Crippen LogP contribution in [-0.4, -0.2) is 33.9 Å². The van der Waals surface area contributed by atoms with Crippen molar-refractivity contribution in [2.24, 2.45) is 17.6 Å². The van der Waals surface area contributed by atoms with E-state index in [1.165, 1.54) is 31.5 Å². The number of carbonyl (C=O) groups is 1. The van der Waals surface area contributed by atoms with Crippen LogP contribution in [0.15, 0.2) is 53.5 Å². The van der Waals surface area contributed by atoms with Crippen molar-refractivity contribution in [3.63, 3.8) is 0 Å². The fourth-order valence-electron chi connectivity index (χ4n) is 5.48. The number of nitrogens with two attached hydrogens (primary N) is 1. The van der Waals surface area contributed by atoms with Gasteiger partial charge in [-0.15, -0.1) is 0 Å². The van der Waals surface area contributed by atoms with Gasteiger partial charge in [0.25, 0.3) is 5.91 Å². The van der Waals surface area contributed by atoms with Gasteiger partial charge in [0.2, 0.25) is 0 Å². The Hall–Kier alpha value is -3.74. The molecule has 3 aromatic heterocycles. The molecule has 1 aromatic carbocycles. The second-order valence-corrected chi connectivity index (χ2v) is 8.90. The van der Waals surface area contributed by atoms with Gasteiger partial charge in [0.05, 0.1) is 22.1 Å². The van der Waals surface area contributed by atoms with Gasteiger partial charge in [0.1, 0.15) is 11.5 Å². The summed E-state index contributed by atoms with van der Waals surface area (Å²) in [5, 5.41) is 1.23. The molecule has 7 nitrogen and oxygen atoms in total. The molecule has 1 amide bonds. The third kappa shape index (κ3) is 2.96. The number of fused-ring (bicyclic) bond motifs is 3. The molecule has 3 N–H and O–H groups in total. The first kappa shape index (κ1) is 19.0.